The molecule has 0 rings (SSSR count). The summed E-state index contributed by atoms with van der Waals surface area (Å²) in [7, 11) is 1.77. The molecule has 0 saturated heterocycles. The molecule has 156 valence electrons. The monoisotopic (exact) mass is 382 g/mol. The number of amides is 2. The van der Waals surface area contributed by atoms with E-state index < -0.39 is 17.9 Å². The van der Waals surface area contributed by atoms with Gasteiger partial charge in [-0.2, -0.15) is 0 Å². The number of ketones is 2. The minimum absolute atomic E-state index is 0.0450. The highest BCUT2D eigenvalue weighted by Crippen LogP contribution is 2.12. The number of nitrogens with one attached hydrogen (secondary N) is 1. The van der Waals surface area contributed by atoms with Gasteiger partial charge in [0.2, 0.25) is 11.8 Å². The summed E-state index contributed by atoms with van der Waals surface area (Å²) in [5, 5.41) is 2.65. The topological polar surface area (TPSA) is 83.5 Å². The van der Waals surface area contributed by atoms with Crippen LogP contribution in [-0.4, -0.2) is 47.9 Å². The molecule has 3 unspecified atom stereocenters. The molecule has 0 aromatic rings. The van der Waals surface area contributed by atoms with Gasteiger partial charge in [0.25, 0.3) is 0 Å². The Hall–Kier alpha value is -1.72. The Morgan fingerprint density at radius 2 is 1.48 bits per heavy atom. The molecule has 0 fully saturated rings. The molecular weight excluding hydrogens is 344 g/mol. The number of carbonyl (C=O) groups excluding carboxylic acids is 4. The number of hydrogen-bond donors (Lipinski definition) is 1. The fraction of sp³-hybridized carbons (Fsp3) is 0.810. The van der Waals surface area contributed by atoms with Crippen molar-refractivity contribution < 1.29 is 19.2 Å². The zero-order valence-corrected chi connectivity index (χ0v) is 18.1. The van der Waals surface area contributed by atoms with E-state index in [9.17, 15) is 19.2 Å². The van der Waals surface area contributed by atoms with Crippen molar-refractivity contribution in [3.05, 3.63) is 0 Å². The van der Waals surface area contributed by atoms with Gasteiger partial charge in [0, 0.05) is 38.3 Å². The van der Waals surface area contributed by atoms with E-state index in [0.29, 0.717) is 12.5 Å². The highest BCUT2D eigenvalue weighted by Gasteiger charge is 2.25. The third kappa shape index (κ3) is 10.9. The average molecular weight is 383 g/mol. The van der Waals surface area contributed by atoms with Crippen LogP contribution in [-0.2, 0) is 19.2 Å². The van der Waals surface area contributed by atoms with Crippen LogP contribution in [0.15, 0.2) is 0 Å². The molecule has 0 saturated carbocycles. The fourth-order valence-corrected chi connectivity index (χ4v) is 2.91. The predicted molar refractivity (Wildman–Crippen MR) is 107 cm³/mol. The molecule has 0 spiro atoms. The largest absolute Gasteiger partial charge is 0.346 e. The van der Waals surface area contributed by atoms with Crippen LogP contribution in [0.2, 0.25) is 0 Å². The first-order chi connectivity index (χ1) is 12.5. The first-order valence-corrected chi connectivity index (χ1v) is 10.0. The van der Waals surface area contributed by atoms with E-state index in [1.54, 1.807) is 32.7 Å². The summed E-state index contributed by atoms with van der Waals surface area (Å²) in [6.07, 6.45) is 3.45. The van der Waals surface area contributed by atoms with Crippen LogP contribution in [0.5, 0.6) is 0 Å². The number of nitrogens with zero attached hydrogens (tertiary/aromatic N) is 1. The van der Waals surface area contributed by atoms with Gasteiger partial charge in [-0.1, -0.05) is 40.5 Å². The maximum atomic E-state index is 12.4. The van der Waals surface area contributed by atoms with Crippen LogP contribution in [0, 0.1) is 17.8 Å². The van der Waals surface area contributed by atoms with E-state index in [-0.39, 0.29) is 36.2 Å². The quantitative estimate of drug-likeness (QED) is 0.496. The Morgan fingerprint density at radius 3 is 2.00 bits per heavy atom. The molecule has 27 heavy (non-hydrogen) atoms. The summed E-state index contributed by atoms with van der Waals surface area (Å²) in [6.45, 7) is 11.5. The van der Waals surface area contributed by atoms with E-state index in [2.05, 4.69) is 19.2 Å². The molecule has 0 aliphatic rings. The smallest absolute Gasteiger partial charge is 0.225 e. The summed E-state index contributed by atoms with van der Waals surface area (Å²) in [5.74, 6) is -0.809. The van der Waals surface area contributed by atoms with E-state index in [0.717, 1.165) is 19.3 Å². The third-order valence-corrected chi connectivity index (χ3v) is 4.71. The van der Waals surface area contributed by atoms with Crippen molar-refractivity contribution in [3.8, 4) is 0 Å². The summed E-state index contributed by atoms with van der Waals surface area (Å²) in [4.78, 5) is 49.6. The van der Waals surface area contributed by atoms with Gasteiger partial charge < -0.3 is 15.0 Å². The summed E-state index contributed by atoms with van der Waals surface area (Å²) < 4.78 is 0. The van der Waals surface area contributed by atoms with E-state index in [4.69, 9.17) is 0 Å². The highest BCUT2D eigenvalue weighted by molar-refractivity contribution is 5.93. The molecular formula is C21H38N2O4. The highest BCUT2D eigenvalue weighted by atomic mass is 16.2. The van der Waals surface area contributed by atoms with E-state index in [1.165, 1.54) is 6.92 Å². The van der Waals surface area contributed by atoms with Crippen LogP contribution >= 0.6 is 0 Å². The molecule has 2 amide bonds. The standard InChI is InChI=1S/C21H38N2O4/c1-14(2)10-8-9-11-23(7)21(27)16(4)13-19(25)18(6)22-20(26)15(3)12-17(5)24/h14-16,18H,8-13H2,1-7H3,(H,22,26). The number of hydrogen-bond acceptors (Lipinski definition) is 4. The van der Waals surface area contributed by atoms with Gasteiger partial charge in [-0.3, -0.25) is 14.4 Å². The molecule has 6 nitrogen and oxygen atoms in total. The van der Waals surface area contributed by atoms with E-state index >= 15 is 0 Å². The minimum Gasteiger partial charge on any atom is -0.346 e. The lowest BCUT2D eigenvalue weighted by Crippen LogP contribution is -2.43. The van der Waals surface area contributed by atoms with Crippen molar-refractivity contribution in [2.45, 2.75) is 79.7 Å². The van der Waals surface area contributed by atoms with Gasteiger partial charge in [0.05, 0.1) is 6.04 Å². The summed E-state index contributed by atoms with van der Waals surface area (Å²) in [5.41, 5.74) is 0. The van der Waals surface area contributed by atoms with Crippen molar-refractivity contribution in [1.29, 1.82) is 0 Å². The number of carbonyl (C=O) groups is 4. The fourth-order valence-electron chi connectivity index (χ4n) is 2.91. The normalized spacial score (nSPS) is 14.4. The van der Waals surface area contributed by atoms with Crippen LogP contribution in [0.1, 0.15) is 73.6 Å². The second kappa shape index (κ2) is 12.6. The summed E-state index contributed by atoms with van der Waals surface area (Å²) >= 11 is 0. The van der Waals surface area contributed by atoms with Crippen LogP contribution in [0.3, 0.4) is 0 Å². The number of rotatable bonds is 13. The second-order valence-corrected chi connectivity index (χ2v) is 8.26. The Morgan fingerprint density at radius 1 is 0.889 bits per heavy atom. The van der Waals surface area contributed by atoms with E-state index in [1.807, 2.05) is 0 Å². The average Bonchev–Trinajstić information content (AvgIpc) is 2.56. The minimum atomic E-state index is -0.668. The van der Waals surface area contributed by atoms with Gasteiger partial charge in [0.15, 0.2) is 5.78 Å². The molecule has 0 aromatic carbocycles. The van der Waals surface area contributed by atoms with Crippen LogP contribution in [0.25, 0.3) is 0 Å². The van der Waals surface area contributed by atoms with Crippen LogP contribution in [0.4, 0.5) is 0 Å². The third-order valence-electron chi connectivity index (χ3n) is 4.71. The zero-order chi connectivity index (χ0) is 21.1. The van der Waals surface area contributed by atoms with Crippen molar-refractivity contribution in [1.82, 2.24) is 10.2 Å². The van der Waals surface area contributed by atoms with Crippen molar-refractivity contribution in [2.24, 2.45) is 17.8 Å². The van der Waals surface area contributed by atoms with Gasteiger partial charge in [-0.15, -0.1) is 0 Å². The number of unbranched alkanes of at least 4 members (excludes halogenated alkanes) is 1. The Balaban J connectivity index is 4.39. The first kappa shape index (κ1) is 25.3. The van der Waals surface area contributed by atoms with Crippen molar-refractivity contribution in [3.63, 3.8) is 0 Å². The molecule has 0 aromatic heterocycles. The Bertz CT molecular complexity index is 516. The molecule has 0 heterocycles. The first-order valence-electron chi connectivity index (χ1n) is 10.0. The maximum absolute atomic E-state index is 12.4. The molecule has 6 heteroatoms. The van der Waals surface area contributed by atoms with Crippen LogP contribution < -0.4 is 5.32 Å². The molecule has 3 atom stereocenters. The van der Waals surface area contributed by atoms with Gasteiger partial charge >= 0.3 is 0 Å². The summed E-state index contributed by atoms with van der Waals surface area (Å²) in [6, 6.07) is -0.668. The molecule has 0 radical (unpaired) electrons. The molecule has 0 bridgehead atoms. The zero-order valence-electron chi connectivity index (χ0n) is 18.1. The lowest BCUT2D eigenvalue weighted by Gasteiger charge is -2.22. The van der Waals surface area contributed by atoms with Crippen molar-refractivity contribution >= 4 is 23.4 Å². The lowest BCUT2D eigenvalue weighted by molar-refractivity contribution is -0.137. The van der Waals surface area contributed by atoms with Crippen molar-refractivity contribution in [2.75, 3.05) is 13.6 Å². The van der Waals surface area contributed by atoms with Gasteiger partial charge in [0.1, 0.15) is 5.78 Å². The lowest BCUT2D eigenvalue weighted by atomic mass is 9.98. The maximum Gasteiger partial charge on any atom is 0.225 e. The molecule has 1 N–H and O–H groups in total. The van der Waals surface area contributed by atoms with Gasteiger partial charge in [-0.25, -0.2) is 0 Å². The van der Waals surface area contributed by atoms with Gasteiger partial charge in [-0.05, 0) is 26.2 Å². The molecule has 0 aliphatic heterocycles. The Labute approximate surface area is 164 Å². The Kier molecular flexibility index (Phi) is 11.8. The number of Topliss-reactive ketones (excluding diaryl/α,β-unsaturated/α-hetero) is 2. The molecule has 0 aliphatic carbocycles. The SMILES string of the molecule is CC(=O)CC(C)C(=O)NC(C)C(=O)CC(C)C(=O)N(C)CCCCC(C)C. The second-order valence-electron chi connectivity index (χ2n) is 8.26. The predicted octanol–water partition coefficient (Wildman–Crippen LogP) is 2.99.